The molecule has 0 aromatic heterocycles. The maximum absolute atomic E-state index is 12.5. The molecule has 0 aliphatic heterocycles. The lowest BCUT2D eigenvalue weighted by atomic mass is 10.0. The van der Waals surface area contributed by atoms with Gasteiger partial charge in [0.25, 0.3) is 5.76 Å². The van der Waals surface area contributed by atoms with E-state index in [2.05, 4.69) is 43.4 Å². The van der Waals surface area contributed by atoms with Crippen LogP contribution in [0.4, 0.5) is 14.5 Å². The van der Waals surface area contributed by atoms with Crippen LogP contribution in [0.1, 0.15) is 30.9 Å². The molecule has 0 saturated carbocycles. The fourth-order valence-electron chi connectivity index (χ4n) is 2.03. The van der Waals surface area contributed by atoms with Crippen molar-refractivity contribution in [2.45, 2.75) is 37.0 Å². The molecule has 0 unspecified atom stereocenters. The number of halogens is 2. The number of alkyl halides is 2. The Labute approximate surface area is 128 Å². The van der Waals surface area contributed by atoms with Crippen LogP contribution in [0.25, 0.3) is 0 Å². The first-order chi connectivity index (χ1) is 10.1. The van der Waals surface area contributed by atoms with Crippen LogP contribution in [-0.4, -0.2) is 5.76 Å². The van der Waals surface area contributed by atoms with Crippen molar-refractivity contribution in [2.75, 3.05) is 5.32 Å². The second kappa shape index (κ2) is 7.46. The summed E-state index contributed by atoms with van der Waals surface area (Å²) in [6, 6.07) is 15.5. The van der Waals surface area contributed by atoms with Crippen molar-refractivity contribution in [1.29, 1.82) is 0 Å². The highest BCUT2D eigenvalue weighted by Crippen LogP contribution is 2.31. The molecule has 0 radical (unpaired) electrons. The molecular formula is C17H19F2NS. The van der Waals surface area contributed by atoms with Gasteiger partial charge in [-0.2, -0.15) is 8.78 Å². The molecule has 0 heterocycles. The molecule has 4 heteroatoms. The van der Waals surface area contributed by atoms with Crippen molar-refractivity contribution < 1.29 is 8.78 Å². The van der Waals surface area contributed by atoms with Gasteiger partial charge in [0, 0.05) is 17.1 Å². The summed E-state index contributed by atoms with van der Waals surface area (Å²) < 4.78 is 25.0. The molecule has 1 N–H and O–H groups in total. The van der Waals surface area contributed by atoms with Gasteiger partial charge in [0.15, 0.2) is 0 Å². The van der Waals surface area contributed by atoms with Crippen molar-refractivity contribution >= 4 is 17.4 Å². The Balaban J connectivity index is 2.02. The predicted molar refractivity (Wildman–Crippen MR) is 86.2 cm³/mol. The first-order valence-corrected chi connectivity index (χ1v) is 7.81. The predicted octanol–water partition coefficient (Wildman–Crippen LogP) is 5.74. The normalized spacial score (nSPS) is 11.1. The average molecular weight is 307 g/mol. The largest absolute Gasteiger partial charge is 0.380 e. The van der Waals surface area contributed by atoms with Gasteiger partial charge in [-0.3, -0.25) is 0 Å². The summed E-state index contributed by atoms with van der Waals surface area (Å²) in [5, 5.41) is 3.23. The van der Waals surface area contributed by atoms with E-state index in [1.54, 1.807) is 12.1 Å². The lowest BCUT2D eigenvalue weighted by Gasteiger charge is -2.12. The quantitative estimate of drug-likeness (QED) is 0.683. The summed E-state index contributed by atoms with van der Waals surface area (Å²) in [7, 11) is 0. The van der Waals surface area contributed by atoms with Crippen LogP contribution in [0.15, 0.2) is 53.4 Å². The molecule has 112 valence electrons. The third-order valence-electron chi connectivity index (χ3n) is 3.23. The molecular weight excluding hydrogens is 288 g/mol. The van der Waals surface area contributed by atoms with E-state index in [4.69, 9.17) is 0 Å². The maximum Gasteiger partial charge on any atom is 0.288 e. The van der Waals surface area contributed by atoms with Gasteiger partial charge in [-0.05, 0) is 29.2 Å². The van der Waals surface area contributed by atoms with Gasteiger partial charge >= 0.3 is 0 Å². The summed E-state index contributed by atoms with van der Waals surface area (Å²) in [6.45, 7) is 4.94. The number of rotatable bonds is 6. The molecule has 0 amide bonds. The zero-order valence-electron chi connectivity index (χ0n) is 12.1. The fraction of sp³-hybridized carbons (Fsp3) is 0.294. The van der Waals surface area contributed by atoms with E-state index < -0.39 is 5.76 Å². The van der Waals surface area contributed by atoms with E-state index in [-0.39, 0.29) is 0 Å². The minimum absolute atomic E-state index is 0.509. The molecule has 0 fully saturated rings. The van der Waals surface area contributed by atoms with E-state index in [0.29, 0.717) is 29.1 Å². The number of nitrogens with one attached hydrogen (secondary N) is 1. The Morgan fingerprint density at radius 3 is 2.29 bits per heavy atom. The Morgan fingerprint density at radius 2 is 1.67 bits per heavy atom. The van der Waals surface area contributed by atoms with Gasteiger partial charge in [0.1, 0.15) is 0 Å². The topological polar surface area (TPSA) is 12.0 Å². The molecule has 1 nitrogen and oxygen atoms in total. The zero-order chi connectivity index (χ0) is 15.2. The van der Waals surface area contributed by atoms with Gasteiger partial charge < -0.3 is 5.32 Å². The highest BCUT2D eigenvalue weighted by molar-refractivity contribution is 7.99. The Hall–Kier alpha value is -1.55. The number of thioether (sulfide) groups is 1. The van der Waals surface area contributed by atoms with Gasteiger partial charge in [-0.25, -0.2) is 0 Å². The lowest BCUT2D eigenvalue weighted by molar-refractivity contribution is 0.252. The van der Waals surface area contributed by atoms with E-state index >= 15 is 0 Å². The van der Waals surface area contributed by atoms with Crippen LogP contribution in [0.3, 0.4) is 0 Å². The van der Waals surface area contributed by atoms with Crippen LogP contribution >= 0.6 is 11.8 Å². The second-order valence-electron chi connectivity index (χ2n) is 5.12. The summed E-state index contributed by atoms with van der Waals surface area (Å²) in [5.41, 5.74) is 3.18. The summed E-state index contributed by atoms with van der Waals surface area (Å²) >= 11 is 0.571. The third-order valence-corrected chi connectivity index (χ3v) is 4.02. The SMILES string of the molecule is CC(C)c1ccc(CNc2ccccc2SC(F)F)cc1. The van der Waals surface area contributed by atoms with Crippen molar-refractivity contribution in [3.8, 4) is 0 Å². The van der Waals surface area contributed by atoms with Crippen molar-refractivity contribution in [1.82, 2.24) is 0 Å². The second-order valence-corrected chi connectivity index (χ2v) is 6.16. The van der Waals surface area contributed by atoms with Crippen molar-refractivity contribution in [3.05, 3.63) is 59.7 Å². The van der Waals surface area contributed by atoms with Crippen LogP contribution in [0, 0.1) is 0 Å². The highest BCUT2D eigenvalue weighted by atomic mass is 32.2. The summed E-state index contributed by atoms with van der Waals surface area (Å²) in [4.78, 5) is 0.575. The van der Waals surface area contributed by atoms with Gasteiger partial charge in [-0.15, -0.1) is 0 Å². The monoisotopic (exact) mass is 307 g/mol. The van der Waals surface area contributed by atoms with Crippen molar-refractivity contribution in [2.24, 2.45) is 0 Å². The molecule has 21 heavy (non-hydrogen) atoms. The smallest absolute Gasteiger partial charge is 0.288 e. The molecule has 0 saturated heterocycles. The Kier molecular flexibility index (Phi) is 5.62. The molecule has 2 rings (SSSR count). The molecule has 0 bridgehead atoms. The van der Waals surface area contributed by atoms with E-state index in [1.165, 1.54) is 5.56 Å². The molecule has 2 aromatic carbocycles. The Morgan fingerprint density at radius 1 is 1.00 bits per heavy atom. The molecule has 2 aromatic rings. The minimum atomic E-state index is -2.40. The highest BCUT2D eigenvalue weighted by Gasteiger charge is 2.09. The first-order valence-electron chi connectivity index (χ1n) is 6.93. The van der Waals surface area contributed by atoms with E-state index in [9.17, 15) is 8.78 Å². The van der Waals surface area contributed by atoms with E-state index in [1.807, 2.05) is 12.1 Å². The molecule has 0 spiro atoms. The van der Waals surface area contributed by atoms with Crippen LogP contribution in [0.2, 0.25) is 0 Å². The minimum Gasteiger partial charge on any atom is -0.380 e. The fourth-order valence-corrected chi connectivity index (χ4v) is 2.65. The van der Waals surface area contributed by atoms with Crippen LogP contribution in [0.5, 0.6) is 0 Å². The third kappa shape index (κ3) is 4.74. The zero-order valence-corrected chi connectivity index (χ0v) is 13.0. The first kappa shape index (κ1) is 15.8. The van der Waals surface area contributed by atoms with Crippen LogP contribution < -0.4 is 5.32 Å². The average Bonchev–Trinajstić information content (AvgIpc) is 2.46. The van der Waals surface area contributed by atoms with Gasteiger partial charge in [0.05, 0.1) is 0 Å². The number of hydrogen-bond donors (Lipinski definition) is 1. The van der Waals surface area contributed by atoms with E-state index in [0.717, 1.165) is 11.3 Å². The summed E-state index contributed by atoms with van der Waals surface area (Å²) in [6.07, 6.45) is 0. The Bertz CT molecular complexity index is 567. The molecule has 0 aliphatic carbocycles. The van der Waals surface area contributed by atoms with Crippen LogP contribution in [-0.2, 0) is 6.54 Å². The summed E-state index contributed by atoms with van der Waals surface area (Å²) in [5.74, 6) is -1.89. The standard InChI is InChI=1S/C17H19F2NS/c1-12(2)14-9-7-13(8-10-14)11-20-15-5-3-4-6-16(15)21-17(18)19/h3-10,12,17,20H,11H2,1-2H3. The number of anilines is 1. The van der Waals surface area contributed by atoms with Gasteiger partial charge in [-0.1, -0.05) is 62.0 Å². The van der Waals surface area contributed by atoms with Crippen molar-refractivity contribution in [3.63, 3.8) is 0 Å². The molecule has 0 atom stereocenters. The van der Waals surface area contributed by atoms with Gasteiger partial charge in [0.2, 0.25) is 0 Å². The number of para-hydroxylation sites is 1. The molecule has 0 aliphatic rings. The maximum atomic E-state index is 12.5. The number of benzene rings is 2. The number of hydrogen-bond acceptors (Lipinski definition) is 2. The lowest BCUT2D eigenvalue weighted by Crippen LogP contribution is -2.01.